The second-order valence-corrected chi connectivity index (χ2v) is 10.6. The minimum absolute atomic E-state index is 0.0262. The average Bonchev–Trinajstić information content (AvgIpc) is 3.36. The van der Waals surface area contributed by atoms with Gasteiger partial charge >= 0.3 is 11.9 Å². The molecule has 1 aliphatic heterocycles. The van der Waals surface area contributed by atoms with Crippen molar-refractivity contribution in [2.24, 2.45) is 11.8 Å². The lowest BCUT2D eigenvalue weighted by molar-refractivity contribution is -0.160. The van der Waals surface area contributed by atoms with Crippen LogP contribution in [0.1, 0.15) is 63.5 Å². The molecule has 210 valence electrons. The number of rotatable bonds is 11. The molecule has 8 heteroatoms. The number of amides is 1. The van der Waals surface area contributed by atoms with Crippen molar-refractivity contribution in [3.8, 4) is 0 Å². The number of ether oxygens (including phenoxy) is 2. The molecule has 39 heavy (non-hydrogen) atoms. The summed E-state index contributed by atoms with van der Waals surface area (Å²) in [6.07, 6.45) is 5.56. The lowest BCUT2D eigenvalue weighted by atomic mass is 9.84. The fourth-order valence-electron chi connectivity index (χ4n) is 6.00. The van der Waals surface area contributed by atoms with Crippen LogP contribution in [0.5, 0.6) is 0 Å². The number of aryl methyl sites for hydroxylation is 1. The zero-order valence-electron chi connectivity index (χ0n) is 23.0. The van der Waals surface area contributed by atoms with Crippen LogP contribution >= 0.6 is 0 Å². The van der Waals surface area contributed by atoms with E-state index in [1.807, 2.05) is 60.7 Å². The van der Waals surface area contributed by atoms with Crippen LogP contribution in [0.25, 0.3) is 0 Å². The van der Waals surface area contributed by atoms with E-state index in [-0.39, 0.29) is 37.0 Å². The Morgan fingerprint density at radius 1 is 0.974 bits per heavy atom. The van der Waals surface area contributed by atoms with Crippen LogP contribution in [0, 0.1) is 5.92 Å². The fourth-order valence-corrected chi connectivity index (χ4v) is 6.00. The van der Waals surface area contributed by atoms with Crippen molar-refractivity contribution >= 4 is 17.8 Å². The minimum atomic E-state index is -0.819. The molecular formula is C31H41N3O5. The molecule has 0 unspecified atom stereocenters. The van der Waals surface area contributed by atoms with Crippen molar-refractivity contribution in [1.82, 2.24) is 9.91 Å². The Morgan fingerprint density at radius 2 is 1.62 bits per heavy atom. The number of hydrazine groups is 1. The molecule has 2 aliphatic rings. The van der Waals surface area contributed by atoms with Crippen molar-refractivity contribution in [3.63, 3.8) is 0 Å². The first-order valence-electron chi connectivity index (χ1n) is 14.2. The molecule has 1 saturated heterocycles. The van der Waals surface area contributed by atoms with E-state index in [2.05, 4.69) is 0 Å². The number of carbonyl (C=O) groups is 3. The molecule has 2 fully saturated rings. The predicted octanol–water partition coefficient (Wildman–Crippen LogP) is 4.02. The SMILES string of the molecule is CCOC(=O)[C@H](CCc1ccccc1)N(N)[C@@H](C)C(=O)N1[C@H](C(=O)OCc2ccccc2)C[C@H]2CCCC[C@@H]21. The molecule has 1 heterocycles. The lowest BCUT2D eigenvalue weighted by Gasteiger charge is -2.38. The first-order chi connectivity index (χ1) is 18.9. The summed E-state index contributed by atoms with van der Waals surface area (Å²) in [5, 5.41) is 1.33. The summed E-state index contributed by atoms with van der Waals surface area (Å²) >= 11 is 0. The largest absolute Gasteiger partial charge is 0.465 e. The van der Waals surface area contributed by atoms with Crippen molar-refractivity contribution < 1.29 is 23.9 Å². The van der Waals surface area contributed by atoms with Gasteiger partial charge < -0.3 is 14.4 Å². The van der Waals surface area contributed by atoms with Gasteiger partial charge in [0.05, 0.1) is 6.61 Å². The van der Waals surface area contributed by atoms with Crippen LogP contribution in [0.4, 0.5) is 0 Å². The number of hydrogen-bond acceptors (Lipinski definition) is 7. The third-order valence-electron chi connectivity index (χ3n) is 8.11. The van der Waals surface area contributed by atoms with Gasteiger partial charge in [-0.1, -0.05) is 73.5 Å². The van der Waals surface area contributed by atoms with Gasteiger partial charge in [0, 0.05) is 6.04 Å². The van der Waals surface area contributed by atoms with E-state index in [1.54, 1.807) is 18.7 Å². The molecule has 1 aliphatic carbocycles. The molecule has 0 radical (unpaired) electrons. The Labute approximate surface area is 231 Å². The smallest absolute Gasteiger partial charge is 0.329 e. The van der Waals surface area contributed by atoms with E-state index < -0.39 is 24.1 Å². The van der Waals surface area contributed by atoms with E-state index in [9.17, 15) is 14.4 Å². The zero-order chi connectivity index (χ0) is 27.8. The van der Waals surface area contributed by atoms with Gasteiger partial charge in [-0.15, -0.1) is 0 Å². The monoisotopic (exact) mass is 535 g/mol. The maximum Gasteiger partial charge on any atom is 0.329 e. The van der Waals surface area contributed by atoms with Gasteiger partial charge in [0.1, 0.15) is 24.7 Å². The van der Waals surface area contributed by atoms with Gasteiger partial charge in [0.25, 0.3) is 0 Å². The summed E-state index contributed by atoms with van der Waals surface area (Å²) in [5.41, 5.74) is 1.97. The predicted molar refractivity (Wildman–Crippen MR) is 148 cm³/mol. The Balaban J connectivity index is 1.50. The molecule has 4 rings (SSSR count). The van der Waals surface area contributed by atoms with Gasteiger partial charge in [-0.3, -0.25) is 15.4 Å². The van der Waals surface area contributed by atoms with Gasteiger partial charge in [0.15, 0.2) is 0 Å². The molecule has 2 N–H and O–H groups in total. The van der Waals surface area contributed by atoms with Gasteiger partial charge in [0.2, 0.25) is 5.91 Å². The third-order valence-corrected chi connectivity index (χ3v) is 8.11. The molecule has 8 nitrogen and oxygen atoms in total. The summed E-state index contributed by atoms with van der Waals surface area (Å²) in [7, 11) is 0. The Kier molecular flexibility index (Phi) is 10.1. The summed E-state index contributed by atoms with van der Waals surface area (Å²) in [4.78, 5) is 42.0. The molecule has 0 spiro atoms. The highest BCUT2D eigenvalue weighted by atomic mass is 16.5. The Morgan fingerprint density at radius 3 is 2.28 bits per heavy atom. The van der Waals surface area contributed by atoms with Gasteiger partial charge in [-0.25, -0.2) is 9.80 Å². The first kappa shape index (κ1) is 28.8. The average molecular weight is 536 g/mol. The Bertz CT molecular complexity index is 1100. The normalized spacial score (nSPS) is 22.2. The van der Waals surface area contributed by atoms with Gasteiger partial charge in [-0.2, -0.15) is 0 Å². The number of nitrogens with two attached hydrogens (primary N) is 1. The standard InChI is InChI=1S/C31H41N3O5/c1-3-38-30(36)27(19-18-23-12-6-4-7-13-23)34(32)22(2)29(35)33-26-17-11-10-16-25(26)20-28(33)31(37)39-21-24-14-8-5-9-15-24/h4-9,12-15,22,25-28H,3,10-11,16-21,32H2,1-2H3/t22-,25+,26-,27-,28-/m0/s1. The van der Waals surface area contributed by atoms with E-state index >= 15 is 0 Å². The summed E-state index contributed by atoms with van der Waals surface area (Å²) < 4.78 is 11.0. The van der Waals surface area contributed by atoms with Crippen molar-refractivity contribution in [3.05, 3.63) is 71.8 Å². The summed E-state index contributed by atoms with van der Waals surface area (Å²) in [5.74, 6) is 5.69. The van der Waals surface area contributed by atoms with Crippen LogP contribution in [-0.2, 0) is 36.9 Å². The molecule has 1 amide bonds. The maximum atomic E-state index is 14.0. The van der Waals surface area contributed by atoms with Crippen LogP contribution < -0.4 is 5.84 Å². The zero-order valence-corrected chi connectivity index (χ0v) is 23.0. The van der Waals surface area contributed by atoms with Gasteiger partial charge in [-0.05, 0) is 63.0 Å². The van der Waals surface area contributed by atoms with Crippen LogP contribution in [0.15, 0.2) is 60.7 Å². The highest BCUT2D eigenvalue weighted by molar-refractivity contribution is 5.89. The molecule has 0 bridgehead atoms. The number of likely N-dealkylation sites (tertiary alicyclic amines) is 1. The van der Waals surface area contributed by atoms with Crippen molar-refractivity contribution in [1.29, 1.82) is 0 Å². The van der Waals surface area contributed by atoms with E-state index in [4.69, 9.17) is 15.3 Å². The molecule has 0 aromatic heterocycles. The number of esters is 2. The van der Waals surface area contributed by atoms with Crippen molar-refractivity contribution in [2.75, 3.05) is 6.61 Å². The first-order valence-corrected chi connectivity index (χ1v) is 14.2. The molecule has 5 atom stereocenters. The van der Waals surface area contributed by atoms with Crippen LogP contribution in [0.3, 0.4) is 0 Å². The highest BCUT2D eigenvalue weighted by Crippen LogP contribution is 2.40. The van der Waals surface area contributed by atoms with E-state index in [0.717, 1.165) is 36.8 Å². The minimum Gasteiger partial charge on any atom is -0.465 e. The van der Waals surface area contributed by atoms with E-state index in [1.165, 1.54) is 5.01 Å². The number of nitrogens with zero attached hydrogens (tertiary/aromatic N) is 2. The lowest BCUT2D eigenvalue weighted by Crippen LogP contribution is -2.59. The maximum absolute atomic E-state index is 14.0. The molecule has 1 saturated carbocycles. The topological polar surface area (TPSA) is 102 Å². The van der Waals surface area contributed by atoms with Crippen LogP contribution in [0.2, 0.25) is 0 Å². The number of hydrogen-bond donors (Lipinski definition) is 1. The quantitative estimate of drug-likeness (QED) is 0.263. The molecular weight excluding hydrogens is 494 g/mol. The van der Waals surface area contributed by atoms with Crippen LogP contribution in [-0.4, -0.2) is 58.5 Å². The Hall–Kier alpha value is -3.23. The summed E-state index contributed by atoms with van der Waals surface area (Å²) in [6, 6.07) is 17.1. The molecule has 2 aromatic carbocycles. The highest BCUT2D eigenvalue weighted by Gasteiger charge is 2.50. The second-order valence-electron chi connectivity index (χ2n) is 10.6. The number of fused-ring (bicyclic) bond motifs is 1. The third kappa shape index (κ3) is 7.05. The second kappa shape index (κ2) is 13.7. The van der Waals surface area contributed by atoms with E-state index in [0.29, 0.717) is 19.3 Å². The number of carbonyl (C=O) groups excluding carboxylic acids is 3. The fraction of sp³-hybridized carbons (Fsp3) is 0.516. The number of benzene rings is 2. The van der Waals surface area contributed by atoms with Crippen molar-refractivity contribution in [2.45, 2.75) is 89.6 Å². The summed E-state index contributed by atoms with van der Waals surface area (Å²) in [6.45, 7) is 3.85. The molecule has 2 aromatic rings.